The third-order valence-electron chi connectivity index (χ3n) is 3.22. The van der Waals surface area contributed by atoms with Crippen LogP contribution in [0.25, 0.3) is 0 Å². The van der Waals surface area contributed by atoms with Crippen LogP contribution in [0.5, 0.6) is 0 Å². The van der Waals surface area contributed by atoms with Crippen LogP contribution in [-0.4, -0.2) is 26.9 Å². The highest BCUT2D eigenvalue weighted by molar-refractivity contribution is 9.10. The van der Waals surface area contributed by atoms with Gasteiger partial charge in [0.1, 0.15) is 0 Å². The van der Waals surface area contributed by atoms with Gasteiger partial charge in [0.25, 0.3) is 5.91 Å². The topological polar surface area (TPSA) is 72.2 Å². The van der Waals surface area contributed by atoms with Gasteiger partial charge in [-0.15, -0.1) is 0 Å². The smallest absolute Gasteiger partial charge is 0.268 e. The molecular formula is C17H14BrN5O. The third kappa shape index (κ3) is 4.36. The van der Waals surface area contributed by atoms with Gasteiger partial charge in [0.05, 0.1) is 12.8 Å². The molecule has 120 valence electrons. The van der Waals surface area contributed by atoms with Crippen LogP contribution in [0.2, 0.25) is 0 Å². The standard InChI is InChI=1S/C17H14BrN5O/c18-15-3-1-14(2-4-15)12-23-10-7-16(22-23)17(24)21-20-11-13-5-8-19-9-6-13/h1-11H,12H2,(H,21,24)/b20-11-. The minimum absolute atomic E-state index is 0.319. The molecule has 0 spiro atoms. The molecule has 0 saturated heterocycles. The van der Waals surface area contributed by atoms with Crippen LogP contribution in [-0.2, 0) is 6.54 Å². The van der Waals surface area contributed by atoms with Crippen LogP contribution >= 0.6 is 15.9 Å². The molecule has 0 unspecified atom stereocenters. The minimum atomic E-state index is -0.352. The number of pyridine rings is 1. The maximum Gasteiger partial charge on any atom is 0.291 e. The number of nitrogens with one attached hydrogen (secondary N) is 1. The summed E-state index contributed by atoms with van der Waals surface area (Å²) in [6.45, 7) is 0.598. The summed E-state index contributed by atoms with van der Waals surface area (Å²) in [7, 11) is 0. The van der Waals surface area contributed by atoms with Crippen molar-refractivity contribution in [2.45, 2.75) is 6.54 Å². The van der Waals surface area contributed by atoms with Gasteiger partial charge in [-0.2, -0.15) is 10.2 Å². The Balaban J connectivity index is 1.59. The highest BCUT2D eigenvalue weighted by Gasteiger charge is 2.08. The summed E-state index contributed by atoms with van der Waals surface area (Å²) in [5.74, 6) is -0.352. The maximum absolute atomic E-state index is 12.0. The van der Waals surface area contributed by atoms with Crippen LogP contribution in [0.4, 0.5) is 0 Å². The van der Waals surface area contributed by atoms with E-state index in [2.05, 4.69) is 36.5 Å². The van der Waals surface area contributed by atoms with Gasteiger partial charge in [0, 0.05) is 23.1 Å². The first kappa shape index (κ1) is 16.1. The number of hydrogen-bond acceptors (Lipinski definition) is 4. The lowest BCUT2D eigenvalue weighted by atomic mass is 10.2. The molecule has 0 fully saturated rings. The van der Waals surface area contributed by atoms with Crippen molar-refractivity contribution in [1.82, 2.24) is 20.2 Å². The zero-order chi connectivity index (χ0) is 16.8. The molecule has 0 saturated carbocycles. The molecule has 0 radical (unpaired) electrons. The summed E-state index contributed by atoms with van der Waals surface area (Å²) < 4.78 is 2.74. The Morgan fingerprint density at radius 1 is 1.17 bits per heavy atom. The Labute approximate surface area is 147 Å². The van der Waals surface area contributed by atoms with Crippen molar-refractivity contribution in [3.05, 3.63) is 82.3 Å². The van der Waals surface area contributed by atoms with E-state index < -0.39 is 0 Å². The summed E-state index contributed by atoms with van der Waals surface area (Å²) >= 11 is 3.40. The molecule has 0 aliphatic heterocycles. The number of halogens is 1. The summed E-state index contributed by atoms with van der Waals surface area (Å²) in [5, 5.41) is 8.18. The molecule has 24 heavy (non-hydrogen) atoms. The van der Waals surface area contributed by atoms with Gasteiger partial charge >= 0.3 is 0 Å². The molecule has 3 rings (SSSR count). The first-order chi connectivity index (χ1) is 11.7. The number of hydrazone groups is 1. The van der Waals surface area contributed by atoms with Crippen molar-refractivity contribution in [2.24, 2.45) is 5.10 Å². The lowest BCUT2D eigenvalue weighted by molar-refractivity contribution is 0.0949. The van der Waals surface area contributed by atoms with Crippen molar-refractivity contribution >= 4 is 28.1 Å². The number of carbonyl (C=O) groups is 1. The Hall–Kier alpha value is -2.80. The normalized spacial score (nSPS) is 10.9. The largest absolute Gasteiger partial charge is 0.291 e. The lowest BCUT2D eigenvalue weighted by Crippen LogP contribution is -2.18. The molecule has 2 heterocycles. The predicted molar refractivity (Wildman–Crippen MR) is 94.8 cm³/mol. The second kappa shape index (κ2) is 7.65. The van der Waals surface area contributed by atoms with Gasteiger partial charge < -0.3 is 0 Å². The van der Waals surface area contributed by atoms with Crippen molar-refractivity contribution < 1.29 is 4.79 Å². The van der Waals surface area contributed by atoms with Crippen LogP contribution in [0.15, 0.2) is 70.6 Å². The minimum Gasteiger partial charge on any atom is -0.268 e. The fourth-order valence-electron chi connectivity index (χ4n) is 2.02. The molecule has 0 bridgehead atoms. The Morgan fingerprint density at radius 3 is 2.67 bits per heavy atom. The van der Waals surface area contributed by atoms with E-state index >= 15 is 0 Å². The van der Waals surface area contributed by atoms with Crippen LogP contribution in [0.1, 0.15) is 21.6 Å². The number of carbonyl (C=O) groups excluding carboxylic acids is 1. The summed E-state index contributed by atoms with van der Waals surface area (Å²) in [6, 6.07) is 13.2. The number of rotatable bonds is 5. The lowest BCUT2D eigenvalue weighted by Gasteiger charge is -2.02. The molecule has 7 heteroatoms. The van der Waals surface area contributed by atoms with Crippen molar-refractivity contribution in [3.63, 3.8) is 0 Å². The van der Waals surface area contributed by atoms with Crippen LogP contribution in [0.3, 0.4) is 0 Å². The number of hydrogen-bond donors (Lipinski definition) is 1. The zero-order valence-electron chi connectivity index (χ0n) is 12.6. The fraction of sp³-hybridized carbons (Fsp3) is 0.0588. The van der Waals surface area contributed by atoms with Gasteiger partial charge in [-0.25, -0.2) is 5.43 Å². The van der Waals surface area contributed by atoms with Gasteiger partial charge in [-0.05, 0) is 41.5 Å². The van der Waals surface area contributed by atoms with Crippen molar-refractivity contribution in [1.29, 1.82) is 0 Å². The highest BCUT2D eigenvalue weighted by atomic mass is 79.9. The number of nitrogens with zero attached hydrogens (tertiary/aromatic N) is 4. The van der Waals surface area contributed by atoms with E-state index in [1.807, 2.05) is 24.3 Å². The molecule has 2 aromatic heterocycles. The van der Waals surface area contributed by atoms with E-state index in [0.29, 0.717) is 12.2 Å². The summed E-state index contributed by atoms with van der Waals surface area (Å²) in [6.07, 6.45) is 6.64. The quantitative estimate of drug-likeness (QED) is 0.543. The van der Waals surface area contributed by atoms with E-state index in [-0.39, 0.29) is 5.91 Å². The third-order valence-corrected chi connectivity index (χ3v) is 3.75. The second-order valence-electron chi connectivity index (χ2n) is 5.00. The van der Waals surface area contributed by atoms with E-state index in [1.54, 1.807) is 47.7 Å². The fourth-order valence-corrected chi connectivity index (χ4v) is 2.28. The second-order valence-corrected chi connectivity index (χ2v) is 5.92. The predicted octanol–water partition coefficient (Wildman–Crippen LogP) is 2.85. The van der Waals surface area contributed by atoms with Crippen LogP contribution in [0, 0.1) is 0 Å². The molecule has 0 aliphatic rings. The first-order valence-corrected chi connectivity index (χ1v) is 8.01. The number of amides is 1. The zero-order valence-corrected chi connectivity index (χ0v) is 14.2. The Bertz CT molecular complexity index is 843. The van der Waals surface area contributed by atoms with Gasteiger partial charge in [0.15, 0.2) is 5.69 Å². The van der Waals surface area contributed by atoms with Gasteiger partial charge in [-0.1, -0.05) is 28.1 Å². The summed E-state index contributed by atoms with van der Waals surface area (Å²) in [5.41, 5.74) is 4.73. The SMILES string of the molecule is O=C(N/N=C\c1ccncc1)c1ccn(Cc2ccc(Br)cc2)n1. The average molecular weight is 384 g/mol. The Kier molecular flexibility index (Phi) is 5.12. The van der Waals surface area contributed by atoms with E-state index in [4.69, 9.17) is 0 Å². The van der Waals surface area contributed by atoms with Crippen molar-refractivity contribution in [3.8, 4) is 0 Å². The maximum atomic E-state index is 12.0. The molecule has 6 nitrogen and oxygen atoms in total. The van der Waals surface area contributed by atoms with Crippen LogP contribution < -0.4 is 5.43 Å². The Morgan fingerprint density at radius 2 is 1.92 bits per heavy atom. The monoisotopic (exact) mass is 383 g/mol. The van der Waals surface area contributed by atoms with Crippen molar-refractivity contribution in [2.75, 3.05) is 0 Å². The molecule has 1 N–H and O–H groups in total. The van der Waals surface area contributed by atoms with Gasteiger partial charge in [0.2, 0.25) is 0 Å². The first-order valence-electron chi connectivity index (χ1n) is 7.22. The number of aromatic nitrogens is 3. The van der Waals surface area contributed by atoms with Gasteiger partial charge in [-0.3, -0.25) is 14.5 Å². The van der Waals surface area contributed by atoms with E-state index in [1.165, 1.54) is 0 Å². The molecular weight excluding hydrogens is 370 g/mol. The average Bonchev–Trinajstić information content (AvgIpc) is 3.06. The number of benzene rings is 1. The van der Waals surface area contributed by atoms with E-state index in [9.17, 15) is 4.79 Å². The van der Waals surface area contributed by atoms with E-state index in [0.717, 1.165) is 15.6 Å². The molecule has 0 aliphatic carbocycles. The molecule has 3 aromatic rings. The molecule has 0 atom stereocenters. The summed E-state index contributed by atoms with van der Waals surface area (Å²) in [4.78, 5) is 15.9. The molecule has 1 aromatic carbocycles. The highest BCUT2D eigenvalue weighted by Crippen LogP contribution is 2.11. The molecule has 1 amide bonds.